The summed E-state index contributed by atoms with van der Waals surface area (Å²) in [7, 11) is 0. The Kier molecular flexibility index (Phi) is 7.97. The first-order chi connectivity index (χ1) is 16.2. The number of rotatable bonds is 6. The molecule has 0 atom stereocenters. The molecule has 0 aliphatic carbocycles. The topological polar surface area (TPSA) is 59.8 Å². The molecule has 34 heavy (non-hydrogen) atoms. The number of amides is 1. The molecule has 4 aromatic rings. The normalized spacial score (nSPS) is 11.0. The van der Waals surface area contributed by atoms with E-state index in [0.717, 1.165) is 11.3 Å². The van der Waals surface area contributed by atoms with E-state index in [1.54, 1.807) is 18.2 Å². The first-order valence-electron chi connectivity index (χ1n) is 9.78. The average molecular weight is 573 g/mol. The van der Waals surface area contributed by atoms with Crippen molar-refractivity contribution in [3.8, 4) is 17.1 Å². The molecule has 0 saturated carbocycles. The van der Waals surface area contributed by atoms with E-state index >= 15 is 0 Å². The summed E-state index contributed by atoms with van der Waals surface area (Å²) in [5, 5.41) is 13.7. The summed E-state index contributed by atoms with van der Waals surface area (Å²) in [6.07, 6.45) is 0. The number of carbonyl (C=O) groups is 1. The predicted molar refractivity (Wildman–Crippen MR) is 142 cm³/mol. The van der Waals surface area contributed by atoms with Crippen LogP contribution >= 0.6 is 69.8 Å². The molecule has 0 saturated heterocycles. The van der Waals surface area contributed by atoms with Crippen LogP contribution in [-0.2, 0) is 4.79 Å². The molecule has 0 bridgehead atoms. The SMILES string of the molecule is Cc1cccc(-n2c(SCC(=O)Nc3c(Cl)cc(Cl)cc3Cl)nnc2-c2ccc(Cl)cc2Cl)c1. The molecule has 0 fully saturated rings. The van der Waals surface area contributed by atoms with Gasteiger partial charge in [0, 0.05) is 21.3 Å². The number of nitrogens with zero attached hydrogens (tertiary/aromatic N) is 3. The van der Waals surface area contributed by atoms with Crippen molar-refractivity contribution in [3.63, 3.8) is 0 Å². The fourth-order valence-electron chi connectivity index (χ4n) is 3.18. The Morgan fingerprint density at radius 3 is 2.29 bits per heavy atom. The molecule has 174 valence electrons. The van der Waals surface area contributed by atoms with Gasteiger partial charge in [-0.25, -0.2) is 0 Å². The van der Waals surface area contributed by atoms with E-state index in [1.807, 2.05) is 35.8 Å². The van der Waals surface area contributed by atoms with E-state index < -0.39 is 0 Å². The highest BCUT2D eigenvalue weighted by molar-refractivity contribution is 7.99. The monoisotopic (exact) mass is 570 g/mol. The van der Waals surface area contributed by atoms with Crippen LogP contribution in [0.4, 0.5) is 5.69 Å². The lowest BCUT2D eigenvalue weighted by Gasteiger charge is -2.13. The number of halogens is 5. The van der Waals surface area contributed by atoms with Crippen molar-refractivity contribution in [2.75, 3.05) is 11.1 Å². The van der Waals surface area contributed by atoms with Crippen molar-refractivity contribution >= 4 is 81.4 Å². The van der Waals surface area contributed by atoms with E-state index in [9.17, 15) is 4.79 Å². The molecule has 1 amide bonds. The zero-order valence-corrected chi connectivity index (χ0v) is 22.0. The first-order valence-corrected chi connectivity index (χ1v) is 12.7. The van der Waals surface area contributed by atoms with Crippen LogP contribution in [-0.4, -0.2) is 26.4 Å². The summed E-state index contributed by atoms with van der Waals surface area (Å²) in [6.45, 7) is 1.99. The van der Waals surface area contributed by atoms with E-state index in [4.69, 9.17) is 58.0 Å². The molecule has 11 heteroatoms. The Labute approximate surface area is 225 Å². The molecule has 0 aliphatic heterocycles. The third-order valence-electron chi connectivity index (χ3n) is 4.67. The molecule has 0 spiro atoms. The van der Waals surface area contributed by atoms with Crippen molar-refractivity contribution in [1.29, 1.82) is 0 Å². The van der Waals surface area contributed by atoms with Gasteiger partial charge in [-0.05, 0) is 55.0 Å². The number of hydrogen-bond acceptors (Lipinski definition) is 4. The Bertz CT molecular complexity index is 1370. The summed E-state index contributed by atoms with van der Waals surface area (Å²) in [4.78, 5) is 12.7. The summed E-state index contributed by atoms with van der Waals surface area (Å²) in [5.74, 6) is 0.244. The van der Waals surface area contributed by atoms with Gasteiger partial charge in [-0.15, -0.1) is 10.2 Å². The molecule has 0 aliphatic rings. The smallest absolute Gasteiger partial charge is 0.234 e. The molecular weight excluding hydrogens is 558 g/mol. The van der Waals surface area contributed by atoms with Gasteiger partial charge in [0.2, 0.25) is 5.91 Å². The fourth-order valence-corrected chi connectivity index (χ4v) is 5.33. The van der Waals surface area contributed by atoms with Gasteiger partial charge in [0.05, 0.1) is 26.5 Å². The largest absolute Gasteiger partial charge is 0.323 e. The Balaban J connectivity index is 1.65. The van der Waals surface area contributed by atoms with E-state index in [0.29, 0.717) is 37.3 Å². The number of thioether (sulfide) groups is 1. The first kappa shape index (κ1) is 25.2. The molecule has 1 N–H and O–H groups in total. The zero-order valence-electron chi connectivity index (χ0n) is 17.5. The third kappa shape index (κ3) is 5.65. The minimum absolute atomic E-state index is 0.0353. The second kappa shape index (κ2) is 10.8. The molecule has 1 aromatic heterocycles. The van der Waals surface area contributed by atoms with Gasteiger partial charge in [-0.3, -0.25) is 9.36 Å². The zero-order chi connectivity index (χ0) is 24.4. The summed E-state index contributed by atoms with van der Waals surface area (Å²) < 4.78 is 1.85. The quantitative estimate of drug-likeness (QED) is 0.236. The predicted octanol–water partition coefficient (Wildman–Crippen LogP) is 8.24. The lowest BCUT2D eigenvalue weighted by atomic mass is 10.2. The van der Waals surface area contributed by atoms with Crippen LogP contribution < -0.4 is 5.32 Å². The maximum atomic E-state index is 12.7. The van der Waals surface area contributed by atoms with Gasteiger partial charge in [0.1, 0.15) is 0 Å². The minimum atomic E-state index is -0.319. The van der Waals surface area contributed by atoms with Crippen LogP contribution in [0.2, 0.25) is 25.1 Å². The number of aryl methyl sites for hydroxylation is 1. The van der Waals surface area contributed by atoms with Gasteiger partial charge in [0.25, 0.3) is 0 Å². The number of aromatic nitrogens is 3. The van der Waals surface area contributed by atoms with Gasteiger partial charge in [-0.1, -0.05) is 81.9 Å². The summed E-state index contributed by atoms with van der Waals surface area (Å²) in [6, 6.07) is 16.0. The molecule has 5 nitrogen and oxygen atoms in total. The summed E-state index contributed by atoms with van der Waals surface area (Å²) >= 11 is 32.0. The number of nitrogens with one attached hydrogen (secondary N) is 1. The molecule has 0 radical (unpaired) electrons. The second-order valence-corrected chi connectivity index (χ2v) is 10.2. The Morgan fingerprint density at radius 2 is 1.62 bits per heavy atom. The number of benzene rings is 3. The molecule has 4 rings (SSSR count). The van der Waals surface area contributed by atoms with Crippen molar-refractivity contribution in [3.05, 3.63) is 85.3 Å². The van der Waals surface area contributed by atoms with Crippen LogP contribution in [0.15, 0.2) is 59.8 Å². The van der Waals surface area contributed by atoms with Crippen molar-refractivity contribution in [1.82, 2.24) is 14.8 Å². The lowest BCUT2D eigenvalue weighted by molar-refractivity contribution is -0.113. The van der Waals surface area contributed by atoms with Gasteiger partial charge in [0.15, 0.2) is 11.0 Å². The van der Waals surface area contributed by atoms with Crippen molar-refractivity contribution in [2.24, 2.45) is 0 Å². The molecule has 3 aromatic carbocycles. The van der Waals surface area contributed by atoms with Crippen LogP contribution in [0.1, 0.15) is 5.56 Å². The molecular formula is C23H15Cl5N4OS. The van der Waals surface area contributed by atoms with Crippen LogP contribution in [0.3, 0.4) is 0 Å². The van der Waals surface area contributed by atoms with Gasteiger partial charge >= 0.3 is 0 Å². The van der Waals surface area contributed by atoms with E-state index in [1.165, 1.54) is 23.9 Å². The second-order valence-electron chi connectivity index (χ2n) is 7.19. The highest BCUT2D eigenvalue weighted by atomic mass is 35.5. The van der Waals surface area contributed by atoms with Gasteiger partial charge in [-0.2, -0.15) is 0 Å². The Hall–Kier alpha value is -1.93. The highest BCUT2D eigenvalue weighted by Gasteiger charge is 2.20. The van der Waals surface area contributed by atoms with Crippen LogP contribution in [0.25, 0.3) is 17.1 Å². The fraction of sp³-hybridized carbons (Fsp3) is 0.0870. The maximum Gasteiger partial charge on any atom is 0.234 e. The average Bonchev–Trinajstić information content (AvgIpc) is 3.18. The lowest BCUT2D eigenvalue weighted by Crippen LogP contribution is -2.15. The summed E-state index contributed by atoms with van der Waals surface area (Å²) in [5.41, 5.74) is 2.85. The standard InChI is InChI=1S/C23H15Cl5N4OS/c1-12-3-2-4-15(7-12)32-22(16-6-5-13(24)8-17(16)26)30-31-23(32)34-11-20(33)29-21-18(27)9-14(25)10-19(21)28/h2-10H,11H2,1H3,(H,29,33). The maximum absolute atomic E-state index is 12.7. The highest BCUT2D eigenvalue weighted by Crippen LogP contribution is 2.35. The minimum Gasteiger partial charge on any atom is -0.323 e. The molecule has 1 heterocycles. The number of anilines is 1. The third-order valence-corrected chi connectivity index (χ3v) is 6.96. The van der Waals surface area contributed by atoms with Gasteiger partial charge < -0.3 is 5.32 Å². The number of hydrogen-bond donors (Lipinski definition) is 1. The van der Waals surface area contributed by atoms with Crippen LogP contribution in [0.5, 0.6) is 0 Å². The van der Waals surface area contributed by atoms with Crippen molar-refractivity contribution < 1.29 is 4.79 Å². The Morgan fingerprint density at radius 1 is 0.912 bits per heavy atom. The number of carbonyl (C=O) groups excluding carboxylic acids is 1. The van der Waals surface area contributed by atoms with E-state index in [-0.39, 0.29) is 21.7 Å². The molecule has 0 unspecified atom stereocenters. The van der Waals surface area contributed by atoms with E-state index in [2.05, 4.69) is 15.5 Å². The van der Waals surface area contributed by atoms with Crippen LogP contribution in [0, 0.1) is 6.92 Å². The van der Waals surface area contributed by atoms with Crippen molar-refractivity contribution in [2.45, 2.75) is 12.1 Å².